The molecule has 0 unspecified atom stereocenters. The summed E-state index contributed by atoms with van der Waals surface area (Å²) in [6, 6.07) is 12.4. The van der Waals surface area contributed by atoms with Gasteiger partial charge < -0.3 is 9.15 Å². The Morgan fingerprint density at radius 1 is 1.23 bits per heavy atom. The monoisotopic (exact) mass is 411 g/mol. The maximum atomic E-state index is 12.9. The molecule has 3 heterocycles. The van der Waals surface area contributed by atoms with Gasteiger partial charge in [-0.2, -0.15) is 5.10 Å². The summed E-state index contributed by atoms with van der Waals surface area (Å²) in [5.74, 6) is 0.539. The van der Waals surface area contributed by atoms with Gasteiger partial charge in [0.05, 0.1) is 27.4 Å². The number of rotatable bonds is 3. The number of para-hydroxylation sites is 1. The van der Waals surface area contributed by atoms with Gasteiger partial charge in [0, 0.05) is 7.05 Å². The number of ether oxygens (including phenoxy) is 1. The summed E-state index contributed by atoms with van der Waals surface area (Å²) in [7, 11) is 1.79. The van der Waals surface area contributed by atoms with Crippen molar-refractivity contribution >= 4 is 32.9 Å². The zero-order valence-electron chi connectivity index (χ0n) is 14.1. The molecule has 0 bridgehead atoms. The predicted octanol–water partition coefficient (Wildman–Crippen LogP) is 4.52. The number of fused-ring (bicyclic) bond motifs is 1. The Balaban J connectivity index is 1.87. The first-order chi connectivity index (χ1) is 12.5. The largest absolute Gasteiger partial charge is 0.463 e. The van der Waals surface area contributed by atoms with Crippen LogP contribution in [0.1, 0.15) is 16.1 Å². The van der Waals surface area contributed by atoms with Crippen molar-refractivity contribution in [3.8, 4) is 17.2 Å². The Bertz CT molecular complexity index is 1120. The molecule has 0 aliphatic carbocycles. The molecule has 3 aromatic heterocycles. The number of nitrogens with zero attached hydrogens (tertiary/aromatic N) is 3. The average molecular weight is 412 g/mol. The van der Waals surface area contributed by atoms with E-state index in [-0.39, 0.29) is 0 Å². The Kier molecular flexibility index (Phi) is 4.08. The van der Waals surface area contributed by atoms with E-state index in [4.69, 9.17) is 9.15 Å². The van der Waals surface area contributed by atoms with Gasteiger partial charge >= 0.3 is 5.97 Å². The zero-order chi connectivity index (χ0) is 18.3. The highest BCUT2D eigenvalue weighted by atomic mass is 79.9. The SMILES string of the molecule is Cc1nn(C)c2nc(-c3ccco3)cc(C(=O)Oc3ccccc3Br)c12. The average Bonchev–Trinajstić information content (AvgIpc) is 3.25. The van der Waals surface area contributed by atoms with Crippen molar-refractivity contribution in [2.45, 2.75) is 6.92 Å². The Morgan fingerprint density at radius 2 is 2.04 bits per heavy atom. The number of esters is 1. The lowest BCUT2D eigenvalue weighted by Gasteiger charge is -2.08. The molecule has 6 nitrogen and oxygen atoms in total. The fourth-order valence-electron chi connectivity index (χ4n) is 2.84. The smallest absolute Gasteiger partial charge is 0.344 e. The fraction of sp³-hybridized carbons (Fsp3) is 0.105. The number of aromatic nitrogens is 3. The molecule has 4 rings (SSSR count). The first-order valence-corrected chi connectivity index (χ1v) is 8.69. The lowest BCUT2D eigenvalue weighted by molar-refractivity contribution is 0.0735. The van der Waals surface area contributed by atoms with Gasteiger partial charge in [0.2, 0.25) is 0 Å². The molecule has 26 heavy (non-hydrogen) atoms. The Morgan fingerprint density at radius 3 is 2.77 bits per heavy atom. The van der Waals surface area contributed by atoms with Crippen molar-refractivity contribution in [1.82, 2.24) is 14.8 Å². The summed E-state index contributed by atoms with van der Waals surface area (Å²) in [5, 5.41) is 5.05. The second-order valence-corrected chi connectivity index (χ2v) is 6.61. The molecule has 0 radical (unpaired) electrons. The van der Waals surface area contributed by atoms with Gasteiger partial charge in [-0.3, -0.25) is 4.68 Å². The standard InChI is InChI=1S/C19H14BrN3O3/c1-11-17-12(19(24)26-15-7-4-3-6-13(15)20)10-14(16-8-5-9-25-16)21-18(17)23(2)22-11/h3-10H,1-2H3. The van der Waals surface area contributed by atoms with Crippen molar-refractivity contribution in [2.75, 3.05) is 0 Å². The van der Waals surface area contributed by atoms with E-state index in [1.165, 1.54) is 0 Å². The van der Waals surface area contributed by atoms with Crippen LogP contribution in [0.15, 0.2) is 57.6 Å². The third-order valence-electron chi connectivity index (χ3n) is 4.00. The summed E-state index contributed by atoms with van der Waals surface area (Å²) >= 11 is 3.39. The topological polar surface area (TPSA) is 70.2 Å². The highest BCUT2D eigenvalue weighted by molar-refractivity contribution is 9.10. The van der Waals surface area contributed by atoms with Gasteiger partial charge in [-0.1, -0.05) is 12.1 Å². The normalized spacial score (nSPS) is 11.0. The summed E-state index contributed by atoms with van der Waals surface area (Å²) in [6.07, 6.45) is 1.56. The molecule has 1 aromatic carbocycles. The van der Waals surface area contributed by atoms with Crippen molar-refractivity contribution in [3.05, 3.63) is 64.5 Å². The van der Waals surface area contributed by atoms with Gasteiger partial charge in [-0.15, -0.1) is 0 Å². The first kappa shape index (κ1) is 16.5. The maximum absolute atomic E-state index is 12.9. The predicted molar refractivity (Wildman–Crippen MR) is 100 cm³/mol. The molecule has 0 amide bonds. The van der Waals surface area contributed by atoms with Gasteiger partial charge in [0.1, 0.15) is 11.4 Å². The third-order valence-corrected chi connectivity index (χ3v) is 4.66. The minimum Gasteiger partial charge on any atom is -0.463 e. The van der Waals surface area contributed by atoms with Crippen LogP contribution in [0.4, 0.5) is 0 Å². The van der Waals surface area contributed by atoms with Crippen LogP contribution in [0.25, 0.3) is 22.5 Å². The minimum absolute atomic E-state index is 0.391. The van der Waals surface area contributed by atoms with Gasteiger partial charge in [-0.05, 0) is 53.2 Å². The van der Waals surface area contributed by atoms with Crippen molar-refractivity contribution in [2.24, 2.45) is 7.05 Å². The number of furan rings is 1. The third kappa shape index (κ3) is 2.80. The lowest BCUT2D eigenvalue weighted by Crippen LogP contribution is -2.10. The first-order valence-electron chi connectivity index (χ1n) is 7.89. The summed E-state index contributed by atoms with van der Waals surface area (Å²) < 4.78 is 13.4. The highest BCUT2D eigenvalue weighted by Gasteiger charge is 2.22. The molecule has 130 valence electrons. The molecule has 0 atom stereocenters. The minimum atomic E-state index is -0.479. The van der Waals surface area contributed by atoms with E-state index in [0.29, 0.717) is 44.0 Å². The number of carbonyl (C=O) groups excluding carboxylic acids is 1. The summed E-state index contributed by atoms with van der Waals surface area (Å²) in [4.78, 5) is 17.5. The van der Waals surface area contributed by atoms with E-state index >= 15 is 0 Å². The molecule has 0 aliphatic rings. The van der Waals surface area contributed by atoms with E-state index in [0.717, 1.165) is 0 Å². The van der Waals surface area contributed by atoms with Crippen LogP contribution in [-0.4, -0.2) is 20.7 Å². The molecule has 4 aromatic rings. The van der Waals surface area contributed by atoms with Crippen molar-refractivity contribution in [1.29, 1.82) is 0 Å². The fourth-order valence-corrected chi connectivity index (χ4v) is 3.20. The van der Waals surface area contributed by atoms with E-state index in [2.05, 4.69) is 26.0 Å². The Hall–Kier alpha value is -2.93. The zero-order valence-corrected chi connectivity index (χ0v) is 15.6. The lowest BCUT2D eigenvalue weighted by atomic mass is 10.1. The number of halogens is 1. The van der Waals surface area contributed by atoms with Crippen LogP contribution < -0.4 is 4.74 Å². The Labute approximate surface area is 157 Å². The van der Waals surface area contributed by atoms with E-state index in [1.54, 1.807) is 48.3 Å². The van der Waals surface area contributed by atoms with Crippen LogP contribution in [-0.2, 0) is 7.05 Å². The van der Waals surface area contributed by atoms with Gasteiger partial charge in [0.15, 0.2) is 11.4 Å². The molecule has 7 heteroatoms. The molecular weight excluding hydrogens is 398 g/mol. The highest BCUT2D eigenvalue weighted by Crippen LogP contribution is 2.29. The number of hydrogen-bond donors (Lipinski definition) is 0. The summed E-state index contributed by atoms with van der Waals surface area (Å²) in [6.45, 7) is 1.84. The van der Waals surface area contributed by atoms with Crippen LogP contribution in [0.5, 0.6) is 5.75 Å². The molecule has 0 N–H and O–H groups in total. The van der Waals surface area contributed by atoms with Crippen LogP contribution >= 0.6 is 15.9 Å². The quantitative estimate of drug-likeness (QED) is 0.366. The van der Waals surface area contributed by atoms with Gasteiger partial charge in [0.25, 0.3) is 0 Å². The number of benzene rings is 1. The second kappa shape index (κ2) is 6.42. The van der Waals surface area contributed by atoms with Crippen molar-refractivity contribution in [3.63, 3.8) is 0 Å². The second-order valence-electron chi connectivity index (χ2n) is 5.76. The molecule has 0 saturated heterocycles. The molecule has 0 saturated carbocycles. The van der Waals surface area contributed by atoms with E-state index in [9.17, 15) is 4.79 Å². The van der Waals surface area contributed by atoms with E-state index < -0.39 is 5.97 Å². The van der Waals surface area contributed by atoms with Gasteiger partial charge in [-0.25, -0.2) is 9.78 Å². The molecule has 0 fully saturated rings. The number of pyridine rings is 1. The summed E-state index contributed by atoms with van der Waals surface area (Å²) in [5.41, 5.74) is 2.24. The molecule has 0 spiro atoms. The van der Waals surface area contributed by atoms with Crippen molar-refractivity contribution < 1.29 is 13.9 Å². The van der Waals surface area contributed by atoms with E-state index in [1.807, 2.05) is 19.1 Å². The molecular formula is C19H14BrN3O3. The number of hydrogen-bond acceptors (Lipinski definition) is 5. The van der Waals surface area contributed by atoms with Crippen LogP contribution in [0.3, 0.4) is 0 Å². The van der Waals surface area contributed by atoms with Crippen LogP contribution in [0, 0.1) is 6.92 Å². The number of aryl methyl sites for hydroxylation is 2. The van der Waals surface area contributed by atoms with Crippen LogP contribution in [0.2, 0.25) is 0 Å². The number of carbonyl (C=O) groups is 1. The maximum Gasteiger partial charge on any atom is 0.344 e. The molecule has 0 aliphatic heterocycles.